The zero-order chi connectivity index (χ0) is 11.3. The highest BCUT2D eigenvalue weighted by Crippen LogP contribution is 2.25. The van der Waals surface area contributed by atoms with Crippen molar-refractivity contribution in [3.8, 4) is 11.8 Å². The Morgan fingerprint density at radius 2 is 1.93 bits per heavy atom. The summed E-state index contributed by atoms with van der Waals surface area (Å²) in [4.78, 5) is 0. The van der Waals surface area contributed by atoms with Crippen LogP contribution in [0.3, 0.4) is 0 Å². The van der Waals surface area contributed by atoms with Crippen molar-refractivity contribution < 1.29 is 0 Å². The fourth-order valence-corrected chi connectivity index (χ4v) is 2.58. The zero-order valence-electron chi connectivity index (χ0n) is 8.35. The smallest absolute Gasteiger partial charge is 0.0569 e. The van der Waals surface area contributed by atoms with Crippen molar-refractivity contribution in [3.05, 3.63) is 32.7 Å². The van der Waals surface area contributed by atoms with Crippen LogP contribution >= 0.6 is 31.9 Å². The Bertz CT molecular complexity index is 373. The molecule has 1 aromatic carbocycles. The molecule has 0 aliphatic heterocycles. The molecule has 0 aliphatic carbocycles. The van der Waals surface area contributed by atoms with Crippen LogP contribution in [0.5, 0.6) is 0 Å². The molecule has 0 spiro atoms. The summed E-state index contributed by atoms with van der Waals surface area (Å²) in [6.45, 7) is 1.82. The van der Waals surface area contributed by atoms with E-state index in [-0.39, 0.29) is 6.04 Å². The number of nitrogens with one attached hydrogen (secondary N) is 1. The van der Waals surface area contributed by atoms with Crippen molar-refractivity contribution in [1.82, 2.24) is 5.43 Å². The Morgan fingerprint density at radius 3 is 2.40 bits per heavy atom. The molecule has 1 atom stereocenters. The summed E-state index contributed by atoms with van der Waals surface area (Å²) in [7, 11) is 0. The van der Waals surface area contributed by atoms with Gasteiger partial charge in [-0.05, 0) is 30.7 Å². The minimum absolute atomic E-state index is 0.0613. The molecule has 0 fully saturated rings. The van der Waals surface area contributed by atoms with Crippen LogP contribution in [0.4, 0.5) is 0 Å². The van der Waals surface area contributed by atoms with E-state index in [0.29, 0.717) is 6.42 Å². The second-order valence-corrected chi connectivity index (χ2v) is 4.88. The zero-order valence-corrected chi connectivity index (χ0v) is 11.5. The SMILES string of the molecule is CC#CCC(NN)c1cc(Br)cc(Br)c1. The molecule has 1 unspecified atom stereocenters. The first-order chi connectivity index (χ1) is 7.17. The first-order valence-corrected chi connectivity index (χ1v) is 6.07. The molecule has 0 saturated carbocycles. The molecule has 0 amide bonds. The standard InChI is InChI=1S/C11H12Br2N2/c1-2-3-4-11(15-14)8-5-9(12)7-10(13)6-8/h5-7,11,15H,4,14H2,1H3. The van der Waals surface area contributed by atoms with Crippen molar-refractivity contribution in [1.29, 1.82) is 0 Å². The quantitative estimate of drug-likeness (QED) is 0.507. The Balaban J connectivity index is 2.93. The molecule has 4 heteroatoms. The van der Waals surface area contributed by atoms with Crippen LogP contribution in [0, 0.1) is 11.8 Å². The Kier molecular flexibility index (Phi) is 5.34. The molecular formula is C11H12Br2N2. The van der Waals surface area contributed by atoms with Gasteiger partial charge in [0.1, 0.15) is 0 Å². The number of hydrogen-bond acceptors (Lipinski definition) is 2. The maximum Gasteiger partial charge on any atom is 0.0569 e. The summed E-state index contributed by atoms with van der Waals surface area (Å²) >= 11 is 6.89. The van der Waals surface area contributed by atoms with Gasteiger partial charge in [0, 0.05) is 15.4 Å². The lowest BCUT2D eigenvalue weighted by molar-refractivity contribution is 0.567. The van der Waals surface area contributed by atoms with E-state index < -0.39 is 0 Å². The monoisotopic (exact) mass is 330 g/mol. The van der Waals surface area contributed by atoms with Gasteiger partial charge in [0.25, 0.3) is 0 Å². The Labute approximate surface area is 107 Å². The lowest BCUT2D eigenvalue weighted by Gasteiger charge is -2.14. The normalized spacial score (nSPS) is 11.7. The maximum absolute atomic E-state index is 5.50. The summed E-state index contributed by atoms with van der Waals surface area (Å²) in [5.74, 6) is 11.4. The number of nitrogens with two attached hydrogens (primary N) is 1. The fourth-order valence-electron chi connectivity index (χ4n) is 1.25. The molecule has 2 nitrogen and oxygen atoms in total. The minimum atomic E-state index is 0.0613. The predicted molar refractivity (Wildman–Crippen MR) is 70.0 cm³/mol. The highest BCUT2D eigenvalue weighted by Gasteiger charge is 2.09. The lowest BCUT2D eigenvalue weighted by atomic mass is 10.1. The third-order valence-corrected chi connectivity index (χ3v) is 2.89. The molecule has 0 radical (unpaired) electrons. The van der Waals surface area contributed by atoms with Crippen LogP contribution in [0.1, 0.15) is 24.9 Å². The van der Waals surface area contributed by atoms with E-state index >= 15 is 0 Å². The van der Waals surface area contributed by atoms with Gasteiger partial charge in [-0.1, -0.05) is 31.9 Å². The highest BCUT2D eigenvalue weighted by molar-refractivity contribution is 9.11. The molecule has 15 heavy (non-hydrogen) atoms. The van der Waals surface area contributed by atoms with Gasteiger partial charge in [-0.2, -0.15) is 0 Å². The molecule has 0 saturated heterocycles. The second kappa shape index (κ2) is 6.29. The fraction of sp³-hybridized carbons (Fsp3) is 0.273. The van der Waals surface area contributed by atoms with Crippen molar-refractivity contribution >= 4 is 31.9 Å². The number of hydrogen-bond donors (Lipinski definition) is 2. The van der Waals surface area contributed by atoms with E-state index in [0.717, 1.165) is 14.5 Å². The topological polar surface area (TPSA) is 38.0 Å². The summed E-state index contributed by atoms with van der Waals surface area (Å²) < 4.78 is 2.05. The first-order valence-electron chi connectivity index (χ1n) is 4.49. The van der Waals surface area contributed by atoms with E-state index in [1.165, 1.54) is 0 Å². The first kappa shape index (κ1) is 12.7. The Morgan fingerprint density at radius 1 is 1.33 bits per heavy atom. The van der Waals surface area contributed by atoms with Crippen LogP contribution in [0.2, 0.25) is 0 Å². The Hall–Kier alpha value is -0.340. The molecule has 3 N–H and O–H groups in total. The molecule has 0 heterocycles. The van der Waals surface area contributed by atoms with Crippen LogP contribution in [-0.2, 0) is 0 Å². The maximum atomic E-state index is 5.50. The average molecular weight is 332 g/mol. The lowest BCUT2D eigenvalue weighted by Crippen LogP contribution is -2.27. The van der Waals surface area contributed by atoms with Crippen molar-refractivity contribution in [3.63, 3.8) is 0 Å². The van der Waals surface area contributed by atoms with E-state index in [9.17, 15) is 0 Å². The molecule has 0 bridgehead atoms. The van der Waals surface area contributed by atoms with Gasteiger partial charge in [0.2, 0.25) is 0 Å². The molecular weight excluding hydrogens is 320 g/mol. The molecule has 1 rings (SSSR count). The number of halogens is 2. The van der Waals surface area contributed by atoms with E-state index in [1.54, 1.807) is 0 Å². The highest BCUT2D eigenvalue weighted by atomic mass is 79.9. The third-order valence-electron chi connectivity index (χ3n) is 1.97. The van der Waals surface area contributed by atoms with E-state index in [4.69, 9.17) is 5.84 Å². The van der Waals surface area contributed by atoms with Gasteiger partial charge in [-0.15, -0.1) is 11.8 Å². The van der Waals surface area contributed by atoms with Gasteiger partial charge in [-0.25, -0.2) is 0 Å². The summed E-state index contributed by atoms with van der Waals surface area (Å²) in [5, 5.41) is 0. The van der Waals surface area contributed by atoms with E-state index in [1.807, 2.05) is 25.1 Å². The van der Waals surface area contributed by atoms with Crippen molar-refractivity contribution in [2.24, 2.45) is 5.84 Å². The van der Waals surface area contributed by atoms with Crippen LogP contribution in [-0.4, -0.2) is 0 Å². The van der Waals surface area contributed by atoms with Crippen LogP contribution in [0.15, 0.2) is 27.1 Å². The van der Waals surface area contributed by atoms with Crippen molar-refractivity contribution in [2.45, 2.75) is 19.4 Å². The third kappa shape index (κ3) is 3.96. The number of rotatable bonds is 3. The number of benzene rings is 1. The van der Waals surface area contributed by atoms with Gasteiger partial charge < -0.3 is 0 Å². The van der Waals surface area contributed by atoms with Gasteiger partial charge in [0.05, 0.1) is 6.04 Å². The van der Waals surface area contributed by atoms with Crippen LogP contribution in [0.25, 0.3) is 0 Å². The minimum Gasteiger partial charge on any atom is -0.271 e. The molecule has 1 aromatic rings. The van der Waals surface area contributed by atoms with Crippen LogP contribution < -0.4 is 11.3 Å². The number of hydrazine groups is 1. The van der Waals surface area contributed by atoms with Crippen molar-refractivity contribution in [2.75, 3.05) is 0 Å². The average Bonchev–Trinajstić information content (AvgIpc) is 2.17. The summed E-state index contributed by atoms with van der Waals surface area (Å²) in [6.07, 6.45) is 0.704. The van der Waals surface area contributed by atoms with Gasteiger partial charge in [0.15, 0.2) is 0 Å². The summed E-state index contributed by atoms with van der Waals surface area (Å²) in [6, 6.07) is 6.12. The van der Waals surface area contributed by atoms with Gasteiger partial charge >= 0.3 is 0 Å². The second-order valence-electron chi connectivity index (χ2n) is 3.05. The molecule has 0 aromatic heterocycles. The molecule has 80 valence electrons. The summed E-state index contributed by atoms with van der Waals surface area (Å²) in [5.41, 5.74) is 3.88. The predicted octanol–water partition coefficient (Wildman–Crippen LogP) is 3.13. The largest absolute Gasteiger partial charge is 0.271 e. The van der Waals surface area contributed by atoms with E-state index in [2.05, 4.69) is 49.1 Å². The molecule has 0 aliphatic rings. The van der Waals surface area contributed by atoms with Gasteiger partial charge in [-0.3, -0.25) is 11.3 Å².